The van der Waals surface area contributed by atoms with Crippen LogP contribution in [-0.2, 0) is 9.59 Å². The maximum Gasteiger partial charge on any atom is 0.220 e. The van der Waals surface area contributed by atoms with Gasteiger partial charge in [-0.15, -0.1) is 0 Å². The number of hydrogen-bond donors (Lipinski definition) is 1. The fourth-order valence-electron chi connectivity index (χ4n) is 0.747. The molecule has 0 aliphatic rings. The summed E-state index contributed by atoms with van der Waals surface area (Å²) in [5.74, 6) is -0.00920. The van der Waals surface area contributed by atoms with Gasteiger partial charge < -0.3 is 10.1 Å². The minimum atomic E-state index is -0.0623. The van der Waals surface area contributed by atoms with Crippen LogP contribution in [0.4, 0.5) is 0 Å². The van der Waals surface area contributed by atoms with Crippen LogP contribution in [0, 0.1) is 0 Å². The Labute approximate surface area is 79.2 Å². The number of carbonyl (C=O) groups is 2. The fraction of sp³-hybridized carbons (Fsp3) is 0.600. The van der Waals surface area contributed by atoms with Crippen LogP contribution in [0.5, 0.6) is 0 Å². The van der Waals surface area contributed by atoms with Crippen molar-refractivity contribution < 1.29 is 9.59 Å². The number of Topliss-reactive ketones (excluding diaryl/α,β-unsaturated/α-hetero) is 1. The van der Waals surface area contributed by atoms with Crippen molar-refractivity contribution in [2.24, 2.45) is 0 Å². The zero-order chi connectivity index (χ0) is 10.3. The normalized spacial score (nSPS) is 9.15. The van der Waals surface area contributed by atoms with Crippen molar-refractivity contribution in [3.05, 3.63) is 11.6 Å². The smallest absolute Gasteiger partial charge is 0.220 e. The number of amides is 1. The van der Waals surface area contributed by atoms with E-state index in [1.165, 1.54) is 12.5 Å². The van der Waals surface area contributed by atoms with Gasteiger partial charge in [-0.25, -0.2) is 0 Å². The van der Waals surface area contributed by atoms with Gasteiger partial charge in [-0.1, -0.05) is 11.6 Å². The predicted molar refractivity (Wildman–Crippen MR) is 52.4 cm³/mol. The molecule has 0 radical (unpaired) electrons. The van der Waals surface area contributed by atoms with Crippen LogP contribution in [0.15, 0.2) is 11.6 Å². The van der Waals surface area contributed by atoms with Gasteiger partial charge in [0.15, 0.2) is 0 Å². The van der Waals surface area contributed by atoms with Crippen LogP contribution in [0.2, 0.25) is 0 Å². The van der Waals surface area contributed by atoms with Crippen LogP contribution in [-0.4, -0.2) is 18.2 Å². The zero-order valence-electron chi connectivity index (χ0n) is 8.52. The third-order valence-corrected chi connectivity index (χ3v) is 1.51. The lowest BCUT2D eigenvalue weighted by Gasteiger charge is -2.00. The molecule has 0 bridgehead atoms. The highest BCUT2D eigenvalue weighted by Crippen LogP contribution is 1.90. The average molecular weight is 183 g/mol. The third kappa shape index (κ3) is 8.79. The quantitative estimate of drug-likeness (QED) is 0.655. The third-order valence-electron chi connectivity index (χ3n) is 1.51. The first-order chi connectivity index (χ1) is 6.02. The highest BCUT2D eigenvalue weighted by atomic mass is 16.2. The second-order valence-corrected chi connectivity index (χ2v) is 3.29. The summed E-state index contributed by atoms with van der Waals surface area (Å²) >= 11 is 0. The molecule has 0 aliphatic carbocycles. The Morgan fingerprint density at radius 1 is 1.15 bits per heavy atom. The van der Waals surface area contributed by atoms with E-state index in [4.69, 9.17) is 0 Å². The molecule has 0 aromatic rings. The number of nitrogens with one attached hydrogen (secondary N) is 1. The van der Waals surface area contributed by atoms with E-state index in [9.17, 15) is 9.59 Å². The Kier molecular flexibility index (Phi) is 5.85. The van der Waals surface area contributed by atoms with E-state index >= 15 is 0 Å². The van der Waals surface area contributed by atoms with Crippen LogP contribution >= 0.6 is 0 Å². The van der Waals surface area contributed by atoms with Gasteiger partial charge in [0.2, 0.25) is 5.91 Å². The van der Waals surface area contributed by atoms with Crippen molar-refractivity contribution >= 4 is 11.7 Å². The van der Waals surface area contributed by atoms with Gasteiger partial charge in [0.05, 0.1) is 0 Å². The second-order valence-electron chi connectivity index (χ2n) is 3.29. The van der Waals surface area contributed by atoms with Gasteiger partial charge in [-0.05, 0) is 20.8 Å². The van der Waals surface area contributed by atoms with E-state index in [1.54, 1.807) is 0 Å². The van der Waals surface area contributed by atoms with Crippen molar-refractivity contribution in [1.29, 1.82) is 0 Å². The van der Waals surface area contributed by atoms with E-state index in [0.29, 0.717) is 19.4 Å². The highest BCUT2D eigenvalue weighted by Gasteiger charge is 2.00. The Bertz CT molecular complexity index is 215. The van der Waals surface area contributed by atoms with E-state index in [1.807, 2.05) is 19.9 Å². The molecule has 0 aliphatic heterocycles. The molecular weight excluding hydrogens is 166 g/mol. The lowest BCUT2D eigenvalue weighted by molar-refractivity contribution is -0.124. The maximum atomic E-state index is 11.0. The van der Waals surface area contributed by atoms with Crippen LogP contribution in [0.25, 0.3) is 0 Å². The Morgan fingerprint density at radius 2 is 1.77 bits per heavy atom. The summed E-state index contributed by atoms with van der Waals surface area (Å²) in [6.07, 6.45) is 2.57. The molecule has 1 N–H and O–H groups in total. The van der Waals surface area contributed by atoms with E-state index in [2.05, 4.69) is 5.32 Å². The molecule has 0 heterocycles. The maximum absolute atomic E-state index is 11.0. The van der Waals surface area contributed by atoms with Crippen molar-refractivity contribution in [3.8, 4) is 0 Å². The van der Waals surface area contributed by atoms with E-state index < -0.39 is 0 Å². The Balaban J connectivity index is 3.52. The van der Waals surface area contributed by atoms with Crippen molar-refractivity contribution in [2.45, 2.75) is 33.6 Å². The zero-order valence-corrected chi connectivity index (χ0v) is 8.52. The van der Waals surface area contributed by atoms with Gasteiger partial charge >= 0.3 is 0 Å². The molecule has 1 amide bonds. The van der Waals surface area contributed by atoms with Gasteiger partial charge in [-0.3, -0.25) is 4.79 Å². The summed E-state index contributed by atoms with van der Waals surface area (Å²) in [4.78, 5) is 21.6. The molecule has 13 heavy (non-hydrogen) atoms. The Hall–Kier alpha value is -1.12. The number of allylic oxidation sites excluding steroid dienone is 1. The van der Waals surface area contributed by atoms with Crippen LogP contribution in [0.1, 0.15) is 33.6 Å². The van der Waals surface area contributed by atoms with Gasteiger partial charge in [0.1, 0.15) is 5.78 Å². The summed E-state index contributed by atoms with van der Waals surface area (Å²) < 4.78 is 0. The molecule has 0 rings (SSSR count). The molecule has 0 spiro atoms. The summed E-state index contributed by atoms with van der Waals surface area (Å²) in [6, 6.07) is 0. The first-order valence-corrected chi connectivity index (χ1v) is 4.42. The molecule has 0 saturated carbocycles. The predicted octanol–water partition coefficient (Wildman–Crippen LogP) is 1.44. The minimum Gasteiger partial charge on any atom is -0.353 e. The first kappa shape index (κ1) is 11.9. The number of carbonyl (C=O) groups excluding carboxylic acids is 2. The SMILES string of the molecule is CC(=O)CCC(=O)NCC=C(C)C. The standard InChI is InChI=1S/C10H17NO2/c1-8(2)6-7-11-10(13)5-4-9(3)12/h6H,4-5,7H2,1-3H3,(H,11,13). The van der Waals surface area contributed by atoms with Gasteiger partial charge in [0.25, 0.3) is 0 Å². The van der Waals surface area contributed by atoms with Gasteiger partial charge in [0, 0.05) is 19.4 Å². The van der Waals surface area contributed by atoms with E-state index in [-0.39, 0.29) is 11.7 Å². The molecule has 74 valence electrons. The monoisotopic (exact) mass is 183 g/mol. The van der Waals surface area contributed by atoms with Crippen molar-refractivity contribution in [2.75, 3.05) is 6.54 Å². The van der Waals surface area contributed by atoms with Gasteiger partial charge in [-0.2, -0.15) is 0 Å². The molecule has 0 aromatic carbocycles. The fourth-order valence-corrected chi connectivity index (χ4v) is 0.747. The molecular formula is C10H17NO2. The molecule has 0 atom stereocenters. The molecule has 0 saturated heterocycles. The topological polar surface area (TPSA) is 46.2 Å². The first-order valence-electron chi connectivity index (χ1n) is 4.42. The summed E-state index contributed by atoms with van der Waals surface area (Å²) in [5, 5.41) is 2.70. The second kappa shape index (κ2) is 6.40. The number of ketones is 1. The van der Waals surface area contributed by atoms with Crippen LogP contribution in [0.3, 0.4) is 0 Å². The highest BCUT2D eigenvalue weighted by molar-refractivity contribution is 5.83. The average Bonchev–Trinajstić information content (AvgIpc) is 2.00. The number of rotatable bonds is 5. The summed E-state index contributed by atoms with van der Waals surface area (Å²) in [5.41, 5.74) is 1.17. The van der Waals surface area contributed by atoms with Crippen molar-refractivity contribution in [1.82, 2.24) is 5.32 Å². The minimum absolute atomic E-state index is 0.0531. The molecule has 3 heteroatoms. The van der Waals surface area contributed by atoms with Crippen LogP contribution < -0.4 is 5.32 Å². The molecule has 3 nitrogen and oxygen atoms in total. The van der Waals surface area contributed by atoms with Crippen molar-refractivity contribution in [3.63, 3.8) is 0 Å². The lowest BCUT2D eigenvalue weighted by atomic mass is 10.2. The van der Waals surface area contributed by atoms with E-state index in [0.717, 1.165) is 0 Å². The lowest BCUT2D eigenvalue weighted by Crippen LogP contribution is -2.23. The summed E-state index contributed by atoms with van der Waals surface area (Å²) in [7, 11) is 0. The number of hydrogen-bond acceptors (Lipinski definition) is 2. The largest absolute Gasteiger partial charge is 0.353 e. The summed E-state index contributed by atoms with van der Waals surface area (Å²) in [6.45, 7) is 5.99. The Morgan fingerprint density at radius 3 is 2.23 bits per heavy atom. The molecule has 0 aromatic heterocycles. The molecule has 0 unspecified atom stereocenters. The molecule has 0 fully saturated rings.